The zero-order valence-electron chi connectivity index (χ0n) is 9.72. The number of methoxy groups -OCH3 is 1. The van der Waals surface area contributed by atoms with Crippen molar-refractivity contribution >= 4 is 11.6 Å². The quantitative estimate of drug-likeness (QED) is 0.658. The van der Waals surface area contributed by atoms with Crippen molar-refractivity contribution in [3.05, 3.63) is 0 Å². The Kier molecular flexibility index (Phi) is 4.99. The molecule has 3 heteroatoms. The SMILES string of the molecule is COC(C)(C)[C@H](CCC(C)=O)C(C)=O. The third-order valence-corrected chi connectivity index (χ3v) is 2.64. The molecule has 3 nitrogen and oxygen atoms in total. The Labute approximate surface area is 85.8 Å². The average molecular weight is 200 g/mol. The van der Waals surface area contributed by atoms with E-state index in [1.807, 2.05) is 13.8 Å². The number of ketones is 2. The van der Waals surface area contributed by atoms with Crippen molar-refractivity contribution in [1.29, 1.82) is 0 Å². The van der Waals surface area contributed by atoms with E-state index in [1.54, 1.807) is 14.0 Å². The number of rotatable bonds is 6. The Hall–Kier alpha value is -0.700. The number of Topliss-reactive ketones (excluding diaryl/α,β-unsaturated/α-hetero) is 2. The third kappa shape index (κ3) is 4.01. The van der Waals surface area contributed by atoms with Crippen LogP contribution in [-0.4, -0.2) is 24.3 Å². The van der Waals surface area contributed by atoms with Crippen molar-refractivity contribution in [3.8, 4) is 0 Å². The molecule has 0 radical (unpaired) electrons. The van der Waals surface area contributed by atoms with Gasteiger partial charge >= 0.3 is 0 Å². The number of carbonyl (C=O) groups is 2. The highest BCUT2D eigenvalue weighted by Gasteiger charge is 2.32. The van der Waals surface area contributed by atoms with E-state index < -0.39 is 5.60 Å². The summed E-state index contributed by atoms with van der Waals surface area (Å²) >= 11 is 0. The topological polar surface area (TPSA) is 43.4 Å². The molecule has 14 heavy (non-hydrogen) atoms. The van der Waals surface area contributed by atoms with E-state index in [0.717, 1.165) is 0 Å². The van der Waals surface area contributed by atoms with Crippen LogP contribution >= 0.6 is 0 Å². The second-order valence-electron chi connectivity index (χ2n) is 4.21. The monoisotopic (exact) mass is 200 g/mol. The van der Waals surface area contributed by atoms with Gasteiger partial charge in [0.25, 0.3) is 0 Å². The highest BCUT2D eigenvalue weighted by molar-refractivity contribution is 5.81. The molecule has 0 N–H and O–H groups in total. The molecule has 0 bridgehead atoms. The van der Waals surface area contributed by atoms with E-state index in [0.29, 0.717) is 12.8 Å². The third-order valence-electron chi connectivity index (χ3n) is 2.64. The molecule has 0 fully saturated rings. The first-order valence-corrected chi connectivity index (χ1v) is 4.86. The fraction of sp³-hybridized carbons (Fsp3) is 0.818. The van der Waals surface area contributed by atoms with Crippen LogP contribution in [0.1, 0.15) is 40.5 Å². The van der Waals surface area contributed by atoms with Crippen LogP contribution in [-0.2, 0) is 14.3 Å². The van der Waals surface area contributed by atoms with Gasteiger partial charge in [0.15, 0.2) is 0 Å². The Bertz CT molecular complexity index is 219. The van der Waals surface area contributed by atoms with Crippen molar-refractivity contribution in [3.63, 3.8) is 0 Å². The molecule has 0 aliphatic heterocycles. The van der Waals surface area contributed by atoms with Crippen LogP contribution in [0.5, 0.6) is 0 Å². The Morgan fingerprint density at radius 1 is 1.29 bits per heavy atom. The summed E-state index contributed by atoms with van der Waals surface area (Å²) in [6, 6.07) is 0. The van der Waals surface area contributed by atoms with Crippen LogP contribution in [0.3, 0.4) is 0 Å². The second-order valence-corrected chi connectivity index (χ2v) is 4.21. The van der Waals surface area contributed by atoms with E-state index in [1.165, 1.54) is 6.92 Å². The lowest BCUT2D eigenvalue weighted by atomic mass is 9.83. The van der Waals surface area contributed by atoms with Gasteiger partial charge in [0, 0.05) is 19.4 Å². The first-order valence-electron chi connectivity index (χ1n) is 4.86. The molecule has 1 atom stereocenters. The van der Waals surface area contributed by atoms with Crippen molar-refractivity contribution in [2.45, 2.75) is 46.1 Å². The smallest absolute Gasteiger partial charge is 0.135 e. The summed E-state index contributed by atoms with van der Waals surface area (Å²) in [7, 11) is 1.59. The molecule has 0 amide bonds. The van der Waals surface area contributed by atoms with Gasteiger partial charge in [-0.25, -0.2) is 0 Å². The van der Waals surface area contributed by atoms with Gasteiger partial charge in [-0.05, 0) is 34.1 Å². The summed E-state index contributed by atoms with van der Waals surface area (Å²) < 4.78 is 5.26. The average Bonchev–Trinajstić information content (AvgIpc) is 2.03. The van der Waals surface area contributed by atoms with Crippen LogP contribution in [0, 0.1) is 5.92 Å². The first-order chi connectivity index (χ1) is 6.31. The molecule has 0 saturated heterocycles. The van der Waals surface area contributed by atoms with Gasteiger partial charge in [0.2, 0.25) is 0 Å². The summed E-state index contributed by atoms with van der Waals surface area (Å²) in [6.07, 6.45) is 1.02. The zero-order chi connectivity index (χ0) is 11.4. The number of carbonyl (C=O) groups excluding carboxylic acids is 2. The summed E-state index contributed by atoms with van der Waals surface area (Å²) in [4.78, 5) is 22.2. The number of hydrogen-bond donors (Lipinski definition) is 0. The van der Waals surface area contributed by atoms with E-state index >= 15 is 0 Å². The minimum absolute atomic E-state index is 0.0816. The van der Waals surface area contributed by atoms with Crippen LogP contribution < -0.4 is 0 Å². The second kappa shape index (κ2) is 5.25. The normalized spacial score (nSPS) is 13.8. The van der Waals surface area contributed by atoms with E-state index in [2.05, 4.69) is 0 Å². The van der Waals surface area contributed by atoms with E-state index in [9.17, 15) is 9.59 Å². The lowest BCUT2D eigenvalue weighted by Gasteiger charge is -2.31. The van der Waals surface area contributed by atoms with Crippen LogP contribution in [0.2, 0.25) is 0 Å². The van der Waals surface area contributed by atoms with E-state index in [4.69, 9.17) is 4.74 Å². The fourth-order valence-electron chi connectivity index (χ4n) is 1.53. The van der Waals surface area contributed by atoms with Crippen LogP contribution in [0.4, 0.5) is 0 Å². The maximum absolute atomic E-state index is 11.4. The predicted molar refractivity (Wildman–Crippen MR) is 55.2 cm³/mol. The molecule has 0 saturated carbocycles. The number of ether oxygens (including phenoxy) is 1. The molecule has 0 aliphatic rings. The molecule has 0 aromatic heterocycles. The van der Waals surface area contributed by atoms with Gasteiger partial charge in [-0.1, -0.05) is 0 Å². The van der Waals surface area contributed by atoms with Gasteiger partial charge < -0.3 is 9.53 Å². The predicted octanol–water partition coefficient (Wildman–Crippen LogP) is 1.99. The van der Waals surface area contributed by atoms with E-state index in [-0.39, 0.29) is 17.5 Å². The Morgan fingerprint density at radius 3 is 2.07 bits per heavy atom. The fourth-order valence-corrected chi connectivity index (χ4v) is 1.53. The highest BCUT2D eigenvalue weighted by atomic mass is 16.5. The molecule has 0 aliphatic carbocycles. The first kappa shape index (κ1) is 13.3. The van der Waals surface area contributed by atoms with Gasteiger partial charge in [-0.3, -0.25) is 4.79 Å². The van der Waals surface area contributed by atoms with Gasteiger partial charge in [-0.2, -0.15) is 0 Å². The highest BCUT2D eigenvalue weighted by Crippen LogP contribution is 2.25. The molecular formula is C11H20O3. The number of hydrogen-bond acceptors (Lipinski definition) is 3. The van der Waals surface area contributed by atoms with Crippen molar-refractivity contribution in [2.24, 2.45) is 5.92 Å². The van der Waals surface area contributed by atoms with Gasteiger partial charge in [-0.15, -0.1) is 0 Å². The van der Waals surface area contributed by atoms with Crippen LogP contribution in [0.15, 0.2) is 0 Å². The van der Waals surface area contributed by atoms with Crippen molar-refractivity contribution in [1.82, 2.24) is 0 Å². The van der Waals surface area contributed by atoms with Crippen molar-refractivity contribution in [2.75, 3.05) is 7.11 Å². The largest absolute Gasteiger partial charge is 0.378 e. The minimum atomic E-state index is -0.485. The molecule has 0 aromatic rings. The Morgan fingerprint density at radius 2 is 1.79 bits per heavy atom. The van der Waals surface area contributed by atoms with Gasteiger partial charge in [0.05, 0.1) is 5.60 Å². The Balaban J connectivity index is 4.45. The molecule has 0 unspecified atom stereocenters. The van der Waals surface area contributed by atoms with Gasteiger partial charge in [0.1, 0.15) is 11.6 Å². The standard InChI is InChI=1S/C11H20O3/c1-8(12)6-7-10(9(2)13)11(3,4)14-5/h10H,6-7H2,1-5H3/t10-/m1/s1. The molecule has 0 heterocycles. The molecule has 82 valence electrons. The molecular weight excluding hydrogens is 180 g/mol. The lowest BCUT2D eigenvalue weighted by Crippen LogP contribution is -2.38. The molecule has 0 spiro atoms. The summed E-state index contributed by atoms with van der Waals surface area (Å²) in [5, 5.41) is 0. The van der Waals surface area contributed by atoms with Crippen molar-refractivity contribution < 1.29 is 14.3 Å². The summed E-state index contributed by atoms with van der Waals surface area (Å²) in [5.74, 6) is -0.00217. The summed E-state index contributed by atoms with van der Waals surface area (Å²) in [6.45, 7) is 6.83. The molecule has 0 rings (SSSR count). The maximum Gasteiger partial charge on any atom is 0.135 e. The molecule has 0 aromatic carbocycles. The summed E-state index contributed by atoms with van der Waals surface area (Å²) in [5.41, 5.74) is -0.485. The minimum Gasteiger partial charge on any atom is -0.378 e. The van der Waals surface area contributed by atoms with Crippen LogP contribution in [0.25, 0.3) is 0 Å². The maximum atomic E-state index is 11.4. The zero-order valence-corrected chi connectivity index (χ0v) is 9.72. The lowest BCUT2D eigenvalue weighted by molar-refractivity contribution is -0.131.